The first-order valence-electron chi connectivity index (χ1n) is 13.3. The van der Waals surface area contributed by atoms with E-state index >= 15 is 0 Å². The van der Waals surface area contributed by atoms with Crippen molar-refractivity contribution >= 4 is 28.4 Å². The van der Waals surface area contributed by atoms with Gasteiger partial charge in [0.05, 0.1) is 28.8 Å². The molecule has 2 N–H and O–H groups in total. The molecule has 2 aromatic heterocycles. The summed E-state index contributed by atoms with van der Waals surface area (Å²) in [5.41, 5.74) is 3.49. The lowest BCUT2D eigenvalue weighted by Gasteiger charge is -2.46. The molecule has 1 aromatic carbocycles. The van der Waals surface area contributed by atoms with Gasteiger partial charge in [-0.05, 0) is 64.5 Å². The van der Waals surface area contributed by atoms with Crippen LogP contribution in [0.15, 0.2) is 35.1 Å². The van der Waals surface area contributed by atoms with E-state index in [0.717, 1.165) is 29.7 Å². The number of aromatic nitrogens is 2. The molecule has 37 heavy (non-hydrogen) atoms. The molecule has 1 aliphatic carbocycles. The molecular weight excluding hydrogens is 488 g/mol. The van der Waals surface area contributed by atoms with E-state index in [4.69, 9.17) is 16.3 Å². The number of benzene rings is 1. The minimum absolute atomic E-state index is 0.0756. The summed E-state index contributed by atoms with van der Waals surface area (Å²) in [4.78, 5) is 31.2. The van der Waals surface area contributed by atoms with Gasteiger partial charge < -0.3 is 19.6 Å². The molecule has 1 amide bonds. The van der Waals surface area contributed by atoms with Crippen LogP contribution in [-0.4, -0.2) is 52.7 Å². The molecule has 8 heteroatoms. The summed E-state index contributed by atoms with van der Waals surface area (Å²) in [7, 11) is 1.80. The van der Waals surface area contributed by atoms with Crippen LogP contribution >= 0.6 is 11.6 Å². The Hall–Kier alpha value is -2.61. The van der Waals surface area contributed by atoms with Crippen LogP contribution in [0.2, 0.25) is 5.02 Å². The first-order chi connectivity index (χ1) is 17.8. The van der Waals surface area contributed by atoms with Crippen molar-refractivity contribution < 1.29 is 9.53 Å². The van der Waals surface area contributed by atoms with Crippen LogP contribution < -0.4 is 10.9 Å². The van der Waals surface area contributed by atoms with Crippen molar-refractivity contribution in [1.82, 2.24) is 19.8 Å². The first kappa shape index (κ1) is 26.0. The number of para-hydroxylation sites is 1. The number of pyridine rings is 1. The minimum Gasteiger partial charge on any atom is -0.379 e. The van der Waals surface area contributed by atoms with E-state index in [9.17, 15) is 9.59 Å². The molecule has 0 spiro atoms. The van der Waals surface area contributed by atoms with Gasteiger partial charge in [-0.2, -0.15) is 0 Å². The summed E-state index contributed by atoms with van der Waals surface area (Å²) in [5.74, 6) is 0.371. The van der Waals surface area contributed by atoms with E-state index < -0.39 is 0 Å². The number of likely N-dealkylation sites (tertiary alicyclic amines) is 1. The van der Waals surface area contributed by atoms with E-state index in [1.54, 1.807) is 20.1 Å². The van der Waals surface area contributed by atoms with Gasteiger partial charge in [0.15, 0.2) is 0 Å². The molecule has 1 atom stereocenters. The van der Waals surface area contributed by atoms with Gasteiger partial charge in [0.25, 0.3) is 11.5 Å². The Morgan fingerprint density at radius 3 is 2.57 bits per heavy atom. The normalized spacial score (nSPS) is 21.6. The Bertz CT molecular complexity index is 1350. The second-order valence-corrected chi connectivity index (χ2v) is 11.2. The van der Waals surface area contributed by atoms with Gasteiger partial charge in [-0.15, -0.1) is 0 Å². The maximum atomic E-state index is 13.5. The number of aryl methyl sites for hydroxylation is 1. The Labute approximate surface area is 223 Å². The molecule has 3 aromatic rings. The summed E-state index contributed by atoms with van der Waals surface area (Å²) < 4.78 is 7.81. The number of aromatic amines is 1. The zero-order chi connectivity index (χ0) is 26.3. The highest BCUT2D eigenvalue weighted by molar-refractivity contribution is 6.31. The second-order valence-electron chi connectivity index (χ2n) is 10.8. The number of H-pyrrole nitrogens is 1. The van der Waals surface area contributed by atoms with Crippen molar-refractivity contribution in [3.05, 3.63) is 68.2 Å². The molecule has 2 aliphatic rings. The predicted octanol–water partition coefficient (Wildman–Crippen LogP) is 4.98. The highest BCUT2D eigenvalue weighted by atomic mass is 35.5. The molecule has 5 rings (SSSR count). The fourth-order valence-corrected chi connectivity index (χ4v) is 6.69. The average Bonchev–Trinajstić information content (AvgIpc) is 3.14. The van der Waals surface area contributed by atoms with Gasteiger partial charge in [-0.1, -0.05) is 29.8 Å². The third-order valence-electron chi connectivity index (χ3n) is 8.58. The minimum atomic E-state index is -0.273. The topological polar surface area (TPSA) is 79.4 Å². The predicted molar refractivity (Wildman–Crippen MR) is 147 cm³/mol. The quantitative estimate of drug-likeness (QED) is 0.457. The number of nitrogens with one attached hydrogen (secondary N) is 2. The number of amides is 1. The number of hydrogen-bond acceptors (Lipinski definition) is 4. The smallest absolute Gasteiger partial charge is 0.254 e. The number of rotatable bonds is 7. The number of hydrogen-bond donors (Lipinski definition) is 2. The summed E-state index contributed by atoms with van der Waals surface area (Å²) in [6, 6.07) is 10.8. The monoisotopic (exact) mass is 524 g/mol. The SMILES string of the molecule is COC1CN(C2CCC([C@@H](C)n3c(C)c(C(=O)NCc4c(Cl)cc(C)[nH]c4=O)c4ccccc43)CC2)C1. The Morgan fingerprint density at radius 2 is 1.89 bits per heavy atom. The fraction of sp³-hybridized carbons (Fsp3) is 0.517. The number of methoxy groups -OCH3 is 1. The highest BCUT2D eigenvalue weighted by Gasteiger charge is 2.36. The van der Waals surface area contributed by atoms with Crippen molar-refractivity contribution in [3.63, 3.8) is 0 Å². The molecule has 0 radical (unpaired) electrons. The van der Waals surface area contributed by atoms with E-state index in [-0.39, 0.29) is 24.1 Å². The molecule has 7 nitrogen and oxygen atoms in total. The van der Waals surface area contributed by atoms with E-state index in [0.29, 0.717) is 39.9 Å². The van der Waals surface area contributed by atoms with E-state index in [1.807, 2.05) is 25.1 Å². The third-order valence-corrected chi connectivity index (χ3v) is 8.92. The first-order valence-corrected chi connectivity index (χ1v) is 13.7. The van der Waals surface area contributed by atoms with Crippen LogP contribution in [0.5, 0.6) is 0 Å². The summed E-state index contributed by atoms with van der Waals surface area (Å²) in [5, 5.41) is 4.25. The summed E-state index contributed by atoms with van der Waals surface area (Å²) in [6.07, 6.45) is 5.19. The number of halogens is 1. The van der Waals surface area contributed by atoms with Gasteiger partial charge in [0.2, 0.25) is 0 Å². The molecule has 0 unspecified atom stereocenters. The van der Waals surface area contributed by atoms with Gasteiger partial charge in [-0.25, -0.2) is 0 Å². The number of ether oxygens (including phenoxy) is 1. The third kappa shape index (κ3) is 4.97. The molecule has 1 saturated carbocycles. The van der Waals surface area contributed by atoms with Crippen LogP contribution in [-0.2, 0) is 11.3 Å². The van der Waals surface area contributed by atoms with Crippen molar-refractivity contribution in [2.75, 3.05) is 20.2 Å². The Kier molecular flexibility index (Phi) is 7.48. The van der Waals surface area contributed by atoms with Crippen molar-refractivity contribution in [3.8, 4) is 0 Å². The van der Waals surface area contributed by atoms with Crippen molar-refractivity contribution in [1.29, 1.82) is 0 Å². The number of fused-ring (bicyclic) bond motifs is 1. The van der Waals surface area contributed by atoms with Gasteiger partial charge in [-0.3, -0.25) is 14.5 Å². The lowest BCUT2D eigenvalue weighted by molar-refractivity contribution is -0.0605. The standard InChI is InChI=1S/C29H37ClN4O3/c1-17-13-25(30)24(28(35)32-17)14-31-29(36)27-19(3)34(26-8-6-5-7-23(26)27)18(2)20-9-11-21(12-10-20)33-15-22(16-33)37-4/h5-8,13,18,20-22H,9-12,14-16H2,1-4H3,(H,31,36)(H,32,35)/t18-,20?,21?/m1/s1. The zero-order valence-corrected chi connectivity index (χ0v) is 22.9. The maximum absolute atomic E-state index is 13.5. The number of carbonyl (C=O) groups excluding carboxylic acids is 1. The van der Waals surface area contributed by atoms with Gasteiger partial charge in [0, 0.05) is 54.6 Å². The summed E-state index contributed by atoms with van der Waals surface area (Å²) in [6.45, 7) is 8.30. The lowest BCUT2D eigenvalue weighted by atomic mass is 9.80. The van der Waals surface area contributed by atoms with Crippen molar-refractivity contribution in [2.24, 2.45) is 5.92 Å². The number of carbonyl (C=O) groups is 1. The van der Waals surface area contributed by atoms with E-state index in [2.05, 4.69) is 32.8 Å². The highest BCUT2D eigenvalue weighted by Crippen LogP contribution is 2.39. The summed E-state index contributed by atoms with van der Waals surface area (Å²) >= 11 is 6.29. The van der Waals surface area contributed by atoms with Crippen LogP contribution in [0.3, 0.4) is 0 Å². The van der Waals surface area contributed by atoms with Crippen LogP contribution in [0, 0.1) is 19.8 Å². The van der Waals surface area contributed by atoms with Crippen LogP contribution in [0.25, 0.3) is 10.9 Å². The molecular formula is C29H37ClN4O3. The molecule has 1 saturated heterocycles. The average molecular weight is 525 g/mol. The van der Waals surface area contributed by atoms with Crippen LogP contribution in [0.1, 0.15) is 66.0 Å². The number of nitrogens with zero attached hydrogens (tertiary/aromatic N) is 2. The van der Waals surface area contributed by atoms with Crippen molar-refractivity contribution in [2.45, 2.75) is 71.2 Å². The van der Waals surface area contributed by atoms with Crippen LogP contribution in [0.4, 0.5) is 0 Å². The Balaban J connectivity index is 1.34. The maximum Gasteiger partial charge on any atom is 0.254 e. The van der Waals surface area contributed by atoms with E-state index in [1.165, 1.54) is 25.7 Å². The molecule has 2 fully saturated rings. The second kappa shape index (κ2) is 10.6. The molecule has 1 aliphatic heterocycles. The molecule has 198 valence electrons. The zero-order valence-electron chi connectivity index (χ0n) is 22.1. The lowest BCUT2D eigenvalue weighted by Crippen LogP contribution is -2.56. The molecule has 3 heterocycles. The fourth-order valence-electron chi connectivity index (χ4n) is 6.38. The van der Waals surface area contributed by atoms with Gasteiger partial charge in [0.1, 0.15) is 0 Å². The largest absolute Gasteiger partial charge is 0.379 e. The molecule has 0 bridgehead atoms. The Morgan fingerprint density at radius 1 is 1.19 bits per heavy atom. The van der Waals surface area contributed by atoms with Gasteiger partial charge >= 0.3 is 0 Å².